The molecule has 0 saturated carbocycles. The Hall–Kier alpha value is -1.96. The lowest BCUT2D eigenvalue weighted by atomic mass is 10.2. The van der Waals surface area contributed by atoms with Crippen molar-refractivity contribution in [3.8, 4) is 0 Å². The van der Waals surface area contributed by atoms with E-state index in [2.05, 4.69) is 5.32 Å². The van der Waals surface area contributed by atoms with Crippen LogP contribution in [-0.4, -0.2) is 28.4 Å². The topological polar surface area (TPSA) is 98.5 Å². The van der Waals surface area contributed by atoms with E-state index in [1.807, 2.05) is 0 Å². The highest BCUT2D eigenvalue weighted by Crippen LogP contribution is 2.23. The number of rotatable bonds is 4. The number of amides is 1. The molecule has 0 radical (unpaired) electrons. The number of esters is 1. The first-order chi connectivity index (χ1) is 9.10. The molecule has 8 heteroatoms. The van der Waals surface area contributed by atoms with Gasteiger partial charge in [0.15, 0.2) is 0 Å². The molecule has 1 rings (SSSR count). The van der Waals surface area contributed by atoms with Crippen molar-refractivity contribution in [2.24, 2.45) is 0 Å². The Morgan fingerprint density at radius 1 is 1.40 bits per heavy atom. The molecule has 1 amide bonds. The van der Waals surface area contributed by atoms with Crippen molar-refractivity contribution in [1.82, 2.24) is 5.32 Å². The summed E-state index contributed by atoms with van der Waals surface area (Å²) in [6.45, 7) is 6.67. The van der Waals surface area contributed by atoms with E-state index in [9.17, 15) is 19.7 Å². The largest absolute Gasteiger partial charge is 0.458 e. The Morgan fingerprint density at radius 3 is 2.45 bits per heavy atom. The van der Waals surface area contributed by atoms with Gasteiger partial charge >= 0.3 is 11.0 Å². The second-order valence-electron chi connectivity index (χ2n) is 5.12. The molecule has 0 aromatic carbocycles. The molecule has 110 valence electrons. The third-order valence-corrected chi connectivity index (χ3v) is 3.14. The van der Waals surface area contributed by atoms with Gasteiger partial charge in [0.05, 0.1) is 9.80 Å². The van der Waals surface area contributed by atoms with Crippen LogP contribution in [0.15, 0.2) is 12.1 Å². The van der Waals surface area contributed by atoms with Gasteiger partial charge in [-0.05, 0) is 33.8 Å². The average Bonchev–Trinajstić information content (AvgIpc) is 2.75. The molecule has 1 aromatic heterocycles. The quantitative estimate of drug-likeness (QED) is 0.521. The van der Waals surface area contributed by atoms with Crippen LogP contribution in [0, 0.1) is 10.1 Å². The second kappa shape index (κ2) is 6.00. The minimum Gasteiger partial charge on any atom is -0.458 e. The third kappa shape index (κ3) is 4.61. The highest BCUT2D eigenvalue weighted by Gasteiger charge is 2.24. The van der Waals surface area contributed by atoms with E-state index < -0.39 is 28.4 Å². The zero-order valence-corrected chi connectivity index (χ0v) is 12.4. The van der Waals surface area contributed by atoms with Crippen LogP contribution in [-0.2, 0) is 9.53 Å². The Balaban J connectivity index is 2.65. The standard InChI is InChI=1S/C12H16N2O5S/c1-7(11(16)19-12(2,3)4)13-10(15)8-5-6-9(20-8)14(17)18/h5-7H,1-4H3,(H,13,15)/t7-/m0/s1. The van der Waals surface area contributed by atoms with Crippen molar-refractivity contribution in [2.75, 3.05) is 0 Å². The SMILES string of the molecule is C[C@H](NC(=O)c1ccc([N+](=O)[O-])s1)C(=O)OC(C)(C)C. The van der Waals surface area contributed by atoms with Crippen molar-refractivity contribution in [3.05, 3.63) is 27.1 Å². The molecular formula is C12H16N2O5S. The van der Waals surface area contributed by atoms with Crippen molar-refractivity contribution < 1.29 is 19.2 Å². The summed E-state index contributed by atoms with van der Waals surface area (Å²) in [7, 11) is 0. The van der Waals surface area contributed by atoms with Gasteiger partial charge in [0, 0.05) is 6.07 Å². The maximum atomic E-state index is 11.8. The van der Waals surface area contributed by atoms with E-state index >= 15 is 0 Å². The van der Waals surface area contributed by atoms with Crippen molar-refractivity contribution in [2.45, 2.75) is 39.3 Å². The maximum Gasteiger partial charge on any atom is 0.328 e. The number of hydrogen-bond acceptors (Lipinski definition) is 6. The highest BCUT2D eigenvalue weighted by molar-refractivity contribution is 7.17. The van der Waals surface area contributed by atoms with Gasteiger partial charge in [-0.3, -0.25) is 14.9 Å². The van der Waals surface area contributed by atoms with Crippen LogP contribution < -0.4 is 5.32 Å². The molecule has 0 spiro atoms. The van der Waals surface area contributed by atoms with Gasteiger partial charge in [0.25, 0.3) is 5.91 Å². The fourth-order valence-corrected chi connectivity index (χ4v) is 1.99. The molecule has 0 fully saturated rings. The molecule has 1 atom stereocenters. The summed E-state index contributed by atoms with van der Waals surface area (Å²) in [5.41, 5.74) is -0.641. The molecule has 0 aliphatic rings. The molecule has 0 saturated heterocycles. The van der Waals surface area contributed by atoms with Crippen LogP contribution >= 0.6 is 11.3 Å². The van der Waals surface area contributed by atoms with E-state index in [4.69, 9.17) is 4.74 Å². The maximum absolute atomic E-state index is 11.8. The van der Waals surface area contributed by atoms with E-state index in [0.29, 0.717) is 0 Å². The molecule has 20 heavy (non-hydrogen) atoms. The van der Waals surface area contributed by atoms with Crippen molar-refractivity contribution >= 4 is 28.2 Å². The molecular weight excluding hydrogens is 284 g/mol. The minimum absolute atomic E-state index is 0.125. The normalized spacial score (nSPS) is 12.6. The van der Waals surface area contributed by atoms with E-state index in [1.165, 1.54) is 19.1 Å². The summed E-state index contributed by atoms with van der Waals surface area (Å²) in [5.74, 6) is -1.10. The minimum atomic E-state index is -0.831. The lowest BCUT2D eigenvalue weighted by molar-refractivity contribution is -0.380. The van der Waals surface area contributed by atoms with Crippen LogP contribution in [0.25, 0.3) is 0 Å². The number of hydrogen-bond donors (Lipinski definition) is 1. The lowest BCUT2D eigenvalue weighted by Crippen LogP contribution is -2.41. The van der Waals surface area contributed by atoms with E-state index in [-0.39, 0.29) is 9.88 Å². The molecule has 0 bridgehead atoms. The Labute approximate surface area is 120 Å². The number of nitrogens with zero attached hydrogens (tertiary/aromatic N) is 1. The number of carbonyl (C=O) groups excluding carboxylic acids is 2. The third-order valence-electron chi connectivity index (χ3n) is 2.10. The van der Waals surface area contributed by atoms with Gasteiger partial charge in [0.2, 0.25) is 0 Å². The van der Waals surface area contributed by atoms with Gasteiger partial charge < -0.3 is 10.1 Å². The van der Waals surface area contributed by atoms with Gasteiger partial charge in [-0.2, -0.15) is 0 Å². The van der Waals surface area contributed by atoms with E-state index in [0.717, 1.165) is 11.3 Å². The van der Waals surface area contributed by atoms with E-state index in [1.54, 1.807) is 20.8 Å². The zero-order valence-electron chi connectivity index (χ0n) is 11.6. The number of ether oxygens (including phenoxy) is 1. The fraction of sp³-hybridized carbons (Fsp3) is 0.500. The summed E-state index contributed by atoms with van der Waals surface area (Å²) in [4.78, 5) is 33.7. The summed E-state index contributed by atoms with van der Waals surface area (Å²) in [6, 6.07) is 1.76. The number of nitro groups is 1. The van der Waals surface area contributed by atoms with Gasteiger partial charge in [-0.1, -0.05) is 11.3 Å². The number of carbonyl (C=O) groups is 2. The number of nitrogens with one attached hydrogen (secondary N) is 1. The first kappa shape index (κ1) is 16.1. The second-order valence-corrected chi connectivity index (χ2v) is 6.19. The van der Waals surface area contributed by atoms with Gasteiger partial charge in [-0.25, -0.2) is 4.79 Å². The Morgan fingerprint density at radius 2 is 2.00 bits per heavy atom. The predicted octanol–water partition coefficient (Wildman–Crippen LogP) is 2.12. The molecule has 7 nitrogen and oxygen atoms in total. The smallest absolute Gasteiger partial charge is 0.328 e. The summed E-state index contributed by atoms with van der Waals surface area (Å²) >= 11 is 0.753. The molecule has 0 unspecified atom stereocenters. The van der Waals surface area contributed by atoms with Crippen LogP contribution in [0.5, 0.6) is 0 Å². The molecule has 0 aliphatic carbocycles. The summed E-state index contributed by atoms with van der Waals surface area (Å²) in [5, 5.41) is 12.9. The predicted molar refractivity (Wildman–Crippen MR) is 73.7 cm³/mol. The Kier molecular flexibility index (Phi) is 4.83. The number of thiophene rings is 1. The molecule has 1 heterocycles. The van der Waals surface area contributed by atoms with Gasteiger partial charge in [0.1, 0.15) is 11.6 Å². The Bertz CT molecular complexity index is 532. The lowest BCUT2D eigenvalue weighted by Gasteiger charge is -2.22. The van der Waals surface area contributed by atoms with Crippen molar-refractivity contribution in [3.63, 3.8) is 0 Å². The van der Waals surface area contributed by atoms with Crippen molar-refractivity contribution in [1.29, 1.82) is 0 Å². The monoisotopic (exact) mass is 300 g/mol. The summed E-state index contributed by atoms with van der Waals surface area (Å²) < 4.78 is 5.12. The molecule has 1 N–H and O–H groups in total. The highest BCUT2D eigenvalue weighted by atomic mass is 32.1. The van der Waals surface area contributed by atoms with Crippen LogP contribution in [0.2, 0.25) is 0 Å². The van der Waals surface area contributed by atoms with Crippen LogP contribution in [0.4, 0.5) is 5.00 Å². The van der Waals surface area contributed by atoms with Gasteiger partial charge in [-0.15, -0.1) is 0 Å². The zero-order chi connectivity index (χ0) is 15.5. The fourth-order valence-electron chi connectivity index (χ4n) is 1.26. The average molecular weight is 300 g/mol. The molecule has 1 aromatic rings. The molecule has 0 aliphatic heterocycles. The van der Waals surface area contributed by atoms with Crippen LogP contribution in [0.1, 0.15) is 37.4 Å². The van der Waals surface area contributed by atoms with Crippen LogP contribution in [0.3, 0.4) is 0 Å². The summed E-state index contributed by atoms with van der Waals surface area (Å²) in [6.07, 6.45) is 0. The first-order valence-electron chi connectivity index (χ1n) is 5.88. The first-order valence-corrected chi connectivity index (χ1v) is 6.70.